The molecule has 2 aromatic heterocycles. The van der Waals surface area contributed by atoms with Crippen LogP contribution in [-0.4, -0.2) is 30.9 Å². The molecule has 0 spiro atoms. The Labute approximate surface area is 155 Å². The number of carbonyl (C=O) groups is 1. The summed E-state index contributed by atoms with van der Waals surface area (Å²) in [5.74, 6) is -0.0827. The molecule has 0 saturated heterocycles. The summed E-state index contributed by atoms with van der Waals surface area (Å²) in [5, 5.41) is 17.6. The van der Waals surface area contributed by atoms with Gasteiger partial charge in [0, 0.05) is 6.07 Å². The maximum Gasteiger partial charge on any atom is 0.418 e. The molecule has 4 rings (SSSR count). The van der Waals surface area contributed by atoms with E-state index in [9.17, 15) is 27.9 Å². The lowest BCUT2D eigenvalue weighted by atomic mass is 10.1. The number of aromatic nitrogens is 4. The van der Waals surface area contributed by atoms with E-state index in [1.807, 2.05) is 0 Å². The Morgan fingerprint density at radius 3 is 2.64 bits per heavy atom. The normalized spacial score (nSPS) is 15.5. The maximum absolute atomic E-state index is 13.5. The second kappa shape index (κ2) is 6.36. The fourth-order valence-corrected chi connectivity index (χ4v) is 3.22. The van der Waals surface area contributed by atoms with Crippen LogP contribution in [-0.2, 0) is 6.18 Å². The average Bonchev–Trinajstić information content (AvgIpc) is 3.33. The molecular formula is C17H14F3N5O3. The number of hydrogen-bond donors (Lipinski definition) is 3. The summed E-state index contributed by atoms with van der Waals surface area (Å²) < 4.78 is 41.5. The third kappa shape index (κ3) is 3.08. The Bertz CT molecular complexity index is 1100. The van der Waals surface area contributed by atoms with E-state index >= 15 is 0 Å². The molecule has 0 bridgehead atoms. The van der Waals surface area contributed by atoms with Crippen LogP contribution in [0.5, 0.6) is 0 Å². The zero-order valence-corrected chi connectivity index (χ0v) is 14.2. The van der Waals surface area contributed by atoms with Crippen molar-refractivity contribution in [1.82, 2.24) is 25.1 Å². The Balaban J connectivity index is 2.07. The lowest BCUT2D eigenvalue weighted by molar-refractivity contribution is -0.136. The largest absolute Gasteiger partial charge is 0.465 e. The molecule has 1 aliphatic rings. The predicted molar refractivity (Wildman–Crippen MR) is 91.1 cm³/mol. The summed E-state index contributed by atoms with van der Waals surface area (Å²) in [7, 11) is 0. The first-order chi connectivity index (χ1) is 13.3. The van der Waals surface area contributed by atoms with Crippen LogP contribution in [0.3, 0.4) is 0 Å². The number of halogens is 3. The SMILES string of the molecule is O=C(O)NC(c1nc2c(C(F)(F)F)cccc2c(=O)n1-c1ccn[nH]1)C1CC1. The van der Waals surface area contributed by atoms with E-state index in [0.29, 0.717) is 12.8 Å². The number of amides is 1. The highest BCUT2D eigenvalue weighted by molar-refractivity contribution is 5.82. The molecule has 2 heterocycles. The van der Waals surface area contributed by atoms with Crippen molar-refractivity contribution in [3.63, 3.8) is 0 Å². The van der Waals surface area contributed by atoms with E-state index in [-0.39, 0.29) is 22.9 Å². The summed E-state index contributed by atoms with van der Waals surface area (Å²) in [6, 6.07) is 3.76. The van der Waals surface area contributed by atoms with Gasteiger partial charge in [-0.1, -0.05) is 6.07 Å². The first-order valence-electron chi connectivity index (χ1n) is 8.39. The molecule has 3 N–H and O–H groups in total. The third-order valence-electron chi connectivity index (χ3n) is 4.61. The number of nitrogens with zero attached hydrogens (tertiary/aromatic N) is 3. The van der Waals surface area contributed by atoms with E-state index in [4.69, 9.17) is 0 Å². The van der Waals surface area contributed by atoms with Gasteiger partial charge >= 0.3 is 12.3 Å². The highest BCUT2D eigenvalue weighted by Gasteiger charge is 2.39. The van der Waals surface area contributed by atoms with Gasteiger partial charge in [-0.05, 0) is 30.9 Å². The Morgan fingerprint density at radius 1 is 1.32 bits per heavy atom. The molecule has 146 valence electrons. The molecule has 0 radical (unpaired) electrons. The van der Waals surface area contributed by atoms with Crippen molar-refractivity contribution in [3.8, 4) is 5.82 Å². The second-order valence-electron chi connectivity index (χ2n) is 6.52. The monoisotopic (exact) mass is 393 g/mol. The van der Waals surface area contributed by atoms with Gasteiger partial charge in [0.05, 0.1) is 28.7 Å². The third-order valence-corrected chi connectivity index (χ3v) is 4.61. The Hall–Kier alpha value is -3.37. The van der Waals surface area contributed by atoms with Crippen molar-refractivity contribution < 1.29 is 23.1 Å². The first-order valence-corrected chi connectivity index (χ1v) is 8.39. The summed E-state index contributed by atoms with van der Waals surface area (Å²) in [5.41, 5.74) is -2.30. The second-order valence-corrected chi connectivity index (χ2v) is 6.52. The van der Waals surface area contributed by atoms with Gasteiger partial charge in [0.1, 0.15) is 11.6 Å². The van der Waals surface area contributed by atoms with Crippen LogP contribution >= 0.6 is 0 Å². The molecule has 1 amide bonds. The maximum atomic E-state index is 13.5. The van der Waals surface area contributed by atoms with Gasteiger partial charge in [-0.25, -0.2) is 14.3 Å². The van der Waals surface area contributed by atoms with E-state index in [1.54, 1.807) is 0 Å². The Kier molecular flexibility index (Phi) is 4.09. The smallest absolute Gasteiger partial charge is 0.418 e. The van der Waals surface area contributed by atoms with Crippen LogP contribution < -0.4 is 10.9 Å². The van der Waals surface area contributed by atoms with Crippen LogP contribution in [0.15, 0.2) is 35.3 Å². The molecule has 3 aromatic rings. The van der Waals surface area contributed by atoms with Crippen LogP contribution in [0.25, 0.3) is 16.7 Å². The van der Waals surface area contributed by atoms with Crippen molar-refractivity contribution >= 4 is 17.0 Å². The lowest BCUT2D eigenvalue weighted by Crippen LogP contribution is -2.35. The molecule has 11 heteroatoms. The number of carboxylic acid groups (broad SMARTS) is 1. The molecule has 1 atom stereocenters. The number of rotatable bonds is 4. The number of hydrogen-bond acceptors (Lipinski definition) is 4. The highest BCUT2D eigenvalue weighted by atomic mass is 19.4. The predicted octanol–water partition coefficient (Wildman–Crippen LogP) is 2.85. The summed E-state index contributed by atoms with van der Waals surface area (Å²) >= 11 is 0. The molecule has 1 saturated carbocycles. The number of aromatic amines is 1. The fraction of sp³-hybridized carbons (Fsp3) is 0.294. The minimum absolute atomic E-state index is 0.108. The average molecular weight is 393 g/mol. The minimum atomic E-state index is -4.72. The number of nitrogens with one attached hydrogen (secondary N) is 2. The van der Waals surface area contributed by atoms with Gasteiger partial charge in [0.25, 0.3) is 5.56 Å². The standard InChI is InChI=1S/C17H14F3N5O3/c18-17(19,20)10-3-1-2-9-13(10)22-14(12(8-4-5-8)23-16(27)28)25(15(9)26)11-6-7-21-24-11/h1-3,6-8,12,23H,4-5H2,(H,21,24)(H,27,28). The zero-order valence-electron chi connectivity index (χ0n) is 14.2. The molecule has 0 aliphatic heterocycles. The number of benzene rings is 1. The molecule has 1 aliphatic carbocycles. The Morgan fingerprint density at radius 2 is 2.07 bits per heavy atom. The van der Waals surface area contributed by atoms with Crippen molar-refractivity contribution in [2.75, 3.05) is 0 Å². The molecule has 28 heavy (non-hydrogen) atoms. The zero-order chi connectivity index (χ0) is 20.1. The van der Waals surface area contributed by atoms with Crippen molar-refractivity contribution in [2.24, 2.45) is 5.92 Å². The summed E-state index contributed by atoms with van der Waals surface area (Å²) in [6.07, 6.45) is -3.36. The summed E-state index contributed by atoms with van der Waals surface area (Å²) in [4.78, 5) is 28.5. The number of H-pyrrole nitrogens is 1. The van der Waals surface area contributed by atoms with Crippen LogP contribution in [0.1, 0.15) is 30.3 Å². The lowest BCUT2D eigenvalue weighted by Gasteiger charge is -2.21. The number of alkyl halides is 3. The molecule has 1 fully saturated rings. The van der Waals surface area contributed by atoms with Crippen LogP contribution in [0, 0.1) is 5.92 Å². The minimum Gasteiger partial charge on any atom is -0.465 e. The fourth-order valence-electron chi connectivity index (χ4n) is 3.22. The molecule has 8 nitrogen and oxygen atoms in total. The quantitative estimate of drug-likeness (QED) is 0.631. The van der Waals surface area contributed by atoms with E-state index in [2.05, 4.69) is 20.5 Å². The van der Waals surface area contributed by atoms with E-state index < -0.39 is 35.0 Å². The van der Waals surface area contributed by atoms with Gasteiger partial charge in [0.2, 0.25) is 0 Å². The topological polar surface area (TPSA) is 113 Å². The van der Waals surface area contributed by atoms with Crippen LogP contribution in [0.4, 0.5) is 18.0 Å². The molecule has 1 aromatic carbocycles. The van der Waals surface area contributed by atoms with Gasteiger partial charge in [-0.3, -0.25) is 9.89 Å². The number of para-hydroxylation sites is 1. The van der Waals surface area contributed by atoms with Crippen LogP contribution in [0.2, 0.25) is 0 Å². The molecule has 1 unspecified atom stereocenters. The van der Waals surface area contributed by atoms with Gasteiger partial charge < -0.3 is 10.4 Å². The summed E-state index contributed by atoms with van der Waals surface area (Å²) in [6.45, 7) is 0. The van der Waals surface area contributed by atoms with Gasteiger partial charge in [0.15, 0.2) is 0 Å². The van der Waals surface area contributed by atoms with E-state index in [1.165, 1.54) is 18.3 Å². The van der Waals surface area contributed by atoms with E-state index in [0.717, 1.165) is 16.7 Å². The first kappa shape index (κ1) is 18.0. The molecular weight excluding hydrogens is 379 g/mol. The number of fused-ring (bicyclic) bond motifs is 1. The van der Waals surface area contributed by atoms with Crippen molar-refractivity contribution in [2.45, 2.75) is 25.1 Å². The van der Waals surface area contributed by atoms with Gasteiger partial charge in [-0.15, -0.1) is 0 Å². The van der Waals surface area contributed by atoms with Gasteiger partial charge in [-0.2, -0.15) is 18.3 Å². The van der Waals surface area contributed by atoms with Crippen molar-refractivity contribution in [3.05, 3.63) is 52.2 Å². The highest BCUT2D eigenvalue weighted by Crippen LogP contribution is 2.41. The van der Waals surface area contributed by atoms with Crippen molar-refractivity contribution in [1.29, 1.82) is 0 Å².